The van der Waals surface area contributed by atoms with Crippen molar-refractivity contribution >= 4 is 23.3 Å². The van der Waals surface area contributed by atoms with Crippen LogP contribution < -0.4 is 5.73 Å². The van der Waals surface area contributed by atoms with E-state index in [4.69, 9.17) is 22.1 Å². The van der Waals surface area contributed by atoms with E-state index in [1.165, 1.54) is 0 Å². The Hall–Kier alpha value is -2.00. The van der Waals surface area contributed by atoms with E-state index in [0.29, 0.717) is 10.7 Å². The molecule has 0 heterocycles. The first-order valence-electron chi connectivity index (χ1n) is 6.25. The van der Waals surface area contributed by atoms with Gasteiger partial charge < -0.3 is 10.5 Å². The molecule has 0 amide bonds. The van der Waals surface area contributed by atoms with Crippen molar-refractivity contribution < 1.29 is 9.53 Å². The average Bonchev–Trinajstić information content (AvgIpc) is 2.35. The Balaban J connectivity index is 2.13. The number of nitrogen functional groups attached to an aromatic ring is 1. The Morgan fingerprint density at radius 2 is 1.85 bits per heavy atom. The zero-order valence-electron chi connectivity index (χ0n) is 11.4. The first-order valence-corrected chi connectivity index (χ1v) is 6.63. The third-order valence-electron chi connectivity index (χ3n) is 2.90. The molecule has 0 unspecified atom stereocenters. The highest BCUT2D eigenvalue weighted by molar-refractivity contribution is 6.34. The van der Waals surface area contributed by atoms with Gasteiger partial charge in [0, 0.05) is 5.69 Å². The number of benzene rings is 2. The Morgan fingerprint density at radius 3 is 2.45 bits per heavy atom. The lowest BCUT2D eigenvalue weighted by atomic mass is 10.1. The Labute approximate surface area is 123 Å². The molecule has 0 aliphatic rings. The fourth-order valence-electron chi connectivity index (χ4n) is 2.13. The molecule has 0 aliphatic heterocycles. The van der Waals surface area contributed by atoms with Crippen molar-refractivity contribution in [3.05, 3.63) is 63.7 Å². The number of aryl methyl sites for hydroxylation is 2. The summed E-state index contributed by atoms with van der Waals surface area (Å²) in [6, 6.07) is 11.0. The van der Waals surface area contributed by atoms with Crippen LogP contribution in [0, 0.1) is 13.8 Å². The van der Waals surface area contributed by atoms with Crippen molar-refractivity contribution in [3.8, 4) is 0 Å². The van der Waals surface area contributed by atoms with Gasteiger partial charge in [0.15, 0.2) is 0 Å². The van der Waals surface area contributed by atoms with Crippen molar-refractivity contribution in [1.29, 1.82) is 0 Å². The SMILES string of the molecule is Cc1cc(C)cc(COC(=O)c2c(N)cccc2Cl)c1. The van der Waals surface area contributed by atoms with Crippen LogP contribution in [-0.4, -0.2) is 5.97 Å². The van der Waals surface area contributed by atoms with E-state index in [-0.39, 0.29) is 12.2 Å². The van der Waals surface area contributed by atoms with E-state index in [9.17, 15) is 4.79 Å². The van der Waals surface area contributed by atoms with Crippen LogP contribution in [0.3, 0.4) is 0 Å². The summed E-state index contributed by atoms with van der Waals surface area (Å²) in [4.78, 5) is 12.0. The third-order valence-corrected chi connectivity index (χ3v) is 3.22. The van der Waals surface area contributed by atoms with Crippen LogP contribution in [-0.2, 0) is 11.3 Å². The molecule has 0 bridgehead atoms. The topological polar surface area (TPSA) is 52.3 Å². The van der Waals surface area contributed by atoms with Gasteiger partial charge in [-0.25, -0.2) is 4.79 Å². The molecule has 4 heteroatoms. The van der Waals surface area contributed by atoms with Crippen molar-refractivity contribution in [2.24, 2.45) is 0 Å². The van der Waals surface area contributed by atoms with E-state index in [2.05, 4.69) is 6.07 Å². The van der Waals surface area contributed by atoms with Crippen LogP contribution >= 0.6 is 11.6 Å². The van der Waals surface area contributed by atoms with Gasteiger partial charge in [0.2, 0.25) is 0 Å². The first kappa shape index (κ1) is 14.4. The van der Waals surface area contributed by atoms with Crippen molar-refractivity contribution in [2.45, 2.75) is 20.5 Å². The second kappa shape index (κ2) is 5.97. The molecule has 0 aromatic heterocycles. The highest BCUT2D eigenvalue weighted by atomic mass is 35.5. The fraction of sp³-hybridized carbons (Fsp3) is 0.188. The zero-order chi connectivity index (χ0) is 14.7. The molecule has 2 N–H and O–H groups in total. The summed E-state index contributed by atoms with van der Waals surface area (Å²) in [5.74, 6) is -0.507. The van der Waals surface area contributed by atoms with Crippen LogP contribution in [0.15, 0.2) is 36.4 Å². The van der Waals surface area contributed by atoms with Crippen LogP contribution in [0.25, 0.3) is 0 Å². The average molecular weight is 290 g/mol. The minimum absolute atomic E-state index is 0.200. The molecule has 2 rings (SSSR count). The first-order chi connectivity index (χ1) is 9.47. The quantitative estimate of drug-likeness (QED) is 0.689. The Morgan fingerprint density at radius 1 is 1.20 bits per heavy atom. The largest absolute Gasteiger partial charge is 0.457 e. The van der Waals surface area contributed by atoms with Crippen LogP contribution in [0.4, 0.5) is 5.69 Å². The Kier molecular flexibility index (Phi) is 4.30. The molecule has 2 aromatic rings. The number of nitrogens with two attached hydrogens (primary N) is 1. The lowest BCUT2D eigenvalue weighted by molar-refractivity contribution is 0.0474. The van der Waals surface area contributed by atoms with Crippen LogP contribution in [0.5, 0.6) is 0 Å². The minimum atomic E-state index is -0.507. The molecule has 0 saturated heterocycles. The van der Waals surface area contributed by atoms with Crippen LogP contribution in [0.1, 0.15) is 27.0 Å². The van der Waals surface area contributed by atoms with Gasteiger partial charge in [0.25, 0.3) is 0 Å². The van der Waals surface area contributed by atoms with Gasteiger partial charge >= 0.3 is 5.97 Å². The van der Waals surface area contributed by atoms with E-state index in [1.807, 2.05) is 26.0 Å². The Bertz CT molecular complexity index is 612. The predicted octanol–water partition coefficient (Wildman–Crippen LogP) is 3.90. The fourth-order valence-corrected chi connectivity index (χ4v) is 2.39. The number of carbonyl (C=O) groups excluding carboxylic acids is 1. The zero-order valence-corrected chi connectivity index (χ0v) is 12.2. The van der Waals surface area contributed by atoms with Crippen molar-refractivity contribution in [1.82, 2.24) is 0 Å². The van der Waals surface area contributed by atoms with Gasteiger partial charge in [-0.2, -0.15) is 0 Å². The lowest BCUT2D eigenvalue weighted by Gasteiger charge is -2.09. The van der Waals surface area contributed by atoms with Crippen molar-refractivity contribution in [2.75, 3.05) is 5.73 Å². The normalized spacial score (nSPS) is 10.3. The van der Waals surface area contributed by atoms with Crippen LogP contribution in [0.2, 0.25) is 5.02 Å². The molecule has 104 valence electrons. The summed E-state index contributed by atoms with van der Waals surface area (Å²) in [6.07, 6.45) is 0. The van der Waals surface area contributed by atoms with Gasteiger partial charge in [-0.05, 0) is 31.5 Å². The number of esters is 1. The summed E-state index contributed by atoms with van der Waals surface area (Å²) >= 11 is 5.98. The standard InChI is InChI=1S/C16H16ClNO2/c1-10-6-11(2)8-12(7-10)9-20-16(19)15-13(17)4-3-5-14(15)18/h3-8H,9,18H2,1-2H3. The summed E-state index contributed by atoms with van der Waals surface area (Å²) in [5, 5.41) is 0.301. The van der Waals surface area contributed by atoms with Gasteiger partial charge in [0.1, 0.15) is 12.2 Å². The van der Waals surface area contributed by atoms with E-state index < -0.39 is 5.97 Å². The van der Waals surface area contributed by atoms with E-state index in [1.54, 1.807) is 18.2 Å². The maximum absolute atomic E-state index is 12.0. The molecule has 20 heavy (non-hydrogen) atoms. The maximum Gasteiger partial charge on any atom is 0.342 e. The number of hydrogen-bond donors (Lipinski definition) is 1. The van der Waals surface area contributed by atoms with Gasteiger partial charge in [0.05, 0.1) is 5.02 Å². The number of anilines is 1. The smallest absolute Gasteiger partial charge is 0.342 e. The van der Waals surface area contributed by atoms with Crippen molar-refractivity contribution in [3.63, 3.8) is 0 Å². The molecule has 3 nitrogen and oxygen atoms in total. The number of hydrogen-bond acceptors (Lipinski definition) is 3. The lowest BCUT2D eigenvalue weighted by Crippen LogP contribution is -2.09. The van der Waals surface area contributed by atoms with E-state index in [0.717, 1.165) is 16.7 Å². The summed E-state index contributed by atoms with van der Waals surface area (Å²) < 4.78 is 5.28. The molecule has 0 aliphatic carbocycles. The van der Waals surface area contributed by atoms with E-state index >= 15 is 0 Å². The molecule has 0 saturated carbocycles. The summed E-state index contributed by atoms with van der Waals surface area (Å²) in [5.41, 5.74) is 9.51. The highest BCUT2D eigenvalue weighted by Crippen LogP contribution is 2.23. The molecule has 0 atom stereocenters. The number of halogens is 1. The van der Waals surface area contributed by atoms with Gasteiger partial charge in [-0.1, -0.05) is 47.0 Å². The predicted molar refractivity (Wildman–Crippen MR) is 80.9 cm³/mol. The molecule has 0 fully saturated rings. The second-order valence-electron chi connectivity index (χ2n) is 4.78. The number of carbonyl (C=O) groups is 1. The molecule has 2 aromatic carbocycles. The summed E-state index contributed by atoms with van der Waals surface area (Å²) in [6.45, 7) is 4.21. The highest BCUT2D eigenvalue weighted by Gasteiger charge is 2.15. The van der Waals surface area contributed by atoms with Gasteiger partial charge in [-0.3, -0.25) is 0 Å². The maximum atomic E-state index is 12.0. The summed E-state index contributed by atoms with van der Waals surface area (Å²) in [7, 11) is 0. The third kappa shape index (κ3) is 3.31. The number of rotatable bonds is 3. The molecule has 0 radical (unpaired) electrons. The molecular weight excluding hydrogens is 274 g/mol. The van der Waals surface area contributed by atoms with Gasteiger partial charge in [-0.15, -0.1) is 0 Å². The number of ether oxygens (including phenoxy) is 1. The minimum Gasteiger partial charge on any atom is -0.457 e. The monoisotopic (exact) mass is 289 g/mol. The molecular formula is C16H16ClNO2. The second-order valence-corrected chi connectivity index (χ2v) is 5.18. The molecule has 0 spiro atoms.